The number of rotatable bonds is 2. The summed E-state index contributed by atoms with van der Waals surface area (Å²) in [4.78, 5) is 0. The van der Waals surface area contributed by atoms with Crippen LogP contribution in [0.3, 0.4) is 0 Å². The highest BCUT2D eigenvalue weighted by Gasteiger charge is 2.33. The van der Waals surface area contributed by atoms with Gasteiger partial charge in [-0.15, -0.1) is 0 Å². The van der Waals surface area contributed by atoms with Crippen LogP contribution in [0.4, 0.5) is 0 Å². The van der Waals surface area contributed by atoms with Crippen molar-refractivity contribution in [2.75, 3.05) is 6.61 Å². The first kappa shape index (κ1) is 9.05. The lowest BCUT2D eigenvalue weighted by atomic mass is 9.87. The van der Waals surface area contributed by atoms with Crippen LogP contribution in [0.2, 0.25) is 0 Å². The Kier molecular flexibility index (Phi) is 2.94. The number of ether oxygens (including phenoxy) is 1. The van der Waals surface area contributed by atoms with Gasteiger partial charge in [-0.3, -0.25) is 0 Å². The molecule has 1 aliphatic heterocycles. The molecule has 3 unspecified atom stereocenters. The van der Waals surface area contributed by atoms with E-state index >= 15 is 0 Å². The van der Waals surface area contributed by atoms with E-state index in [0.717, 1.165) is 24.4 Å². The quantitative estimate of drug-likeness (QED) is 0.597. The van der Waals surface area contributed by atoms with Crippen LogP contribution in [0.25, 0.3) is 0 Å². The molecule has 1 rings (SSSR count). The maximum absolute atomic E-state index is 5.73. The molecule has 0 aliphatic carbocycles. The third-order valence-corrected chi connectivity index (χ3v) is 3.17. The predicted molar refractivity (Wildman–Crippen MR) is 47.5 cm³/mol. The molecule has 1 nitrogen and oxygen atoms in total. The molecule has 0 N–H and O–H groups in total. The van der Waals surface area contributed by atoms with E-state index in [1.807, 2.05) is 0 Å². The molecular formula is C10H20O. The second-order valence-electron chi connectivity index (χ2n) is 4.02. The van der Waals surface area contributed by atoms with Crippen molar-refractivity contribution in [3.63, 3.8) is 0 Å². The molecule has 0 radical (unpaired) electrons. The topological polar surface area (TPSA) is 9.23 Å². The van der Waals surface area contributed by atoms with Crippen LogP contribution in [0.15, 0.2) is 0 Å². The minimum atomic E-state index is 0.523. The lowest BCUT2D eigenvalue weighted by molar-refractivity contribution is 0.0499. The Hall–Kier alpha value is -0.0400. The van der Waals surface area contributed by atoms with Gasteiger partial charge in [-0.2, -0.15) is 0 Å². The first-order valence-corrected chi connectivity index (χ1v) is 4.78. The van der Waals surface area contributed by atoms with E-state index in [-0.39, 0.29) is 0 Å². The summed E-state index contributed by atoms with van der Waals surface area (Å²) >= 11 is 0. The minimum absolute atomic E-state index is 0.523. The van der Waals surface area contributed by atoms with E-state index in [1.54, 1.807) is 0 Å². The molecule has 1 heterocycles. The summed E-state index contributed by atoms with van der Waals surface area (Å²) in [5.41, 5.74) is 0. The Morgan fingerprint density at radius 3 is 2.45 bits per heavy atom. The van der Waals surface area contributed by atoms with Gasteiger partial charge in [0.05, 0.1) is 6.10 Å². The van der Waals surface area contributed by atoms with Crippen LogP contribution in [0, 0.1) is 17.8 Å². The summed E-state index contributed by atoms with van der Waals surface area (Å²) in [7, 11) is 0. The standard InChI is InChI=1S/C10H20O/c1-5-7(2)10-9(4)8(3)6-11-10/h7-10H,5-6H2,1-4H3/t7?,8?,9-,10?/m0/s1. The molecule has 0 spiro atoms. The van der Waals surface area contributed by atoms with Crippen molar-refractivity contribution in [3.05, 3.63) is 0 Å². The fraction of sp³-hybridized carbons (Fsp3) is 1.00. The smallest absolute Gasteiger partial charge is 0.0629 e. The van der Waals surface area contributed by atoms with Gasteiger partial charge in [0.2, 0.25) is 0 Å². The molecule has 1 fully saturated rings. The highest BCUT2D eigenvalue weighted by molar-refractivity contribution is 4.81. The Morgan fingerprint density at radius 2 is 2.09 bits per heavy atom. The van der Waals surface area contributed by atoms with E-state index in [0.29, 0.717) is 6.10 Å². The number of hydrogen-bond acceptors (Lipinski definition) is 1. The van der Waals surface area contributed by atoms with Gasteiger partial charge >= 0.3 is 0 Å². The molecular weight excluding hydrogens is 136 g/mol. The first-order valence-electron chi connectivity index (χ1n) is 4.78. The normalized spacial score (nSPS) is 40.9. The highest BCUT2D eigenvalue weighted by atomic mass is 16.5. The van der Waals surface area contributed by atoms with Crippen LogP contribution >= 0.6 is 0 Å². The van der Waals surface area contributed by atoms with Crippen molar-refractivity contribution < 1.29 is 4.74 Å². The minimum Gasteiger partial charge on any atom is -0.377 e. The van der Waals surface area contributed by atoms with Gasteiger partial charge in [-0.05, 0) is 17.8 Å². The lowest BCUT2D eigenvalue weighted by Gasteiger charge is -2.21. The third-order valence-electron chi connectivity index (χ3n) is 3.17. The molecule has 1 heteroatoms. The van der Waals surface area contributed by atoms with Gasteiger partial charge in [0.25, 0.3) is 0 Å². The van der Waals surface area contributed by atoms with Gasteiger partial charge in [0.15, 0.2) is 0 Å². The summed E-state index contributed by atoms with van der Waals surface area (Å²) in [5.74, 6) is 2.24. The molecule has 1 saturated heterocycles. The van der Waals surface area contributed by atoms with Gasteiger partial charge in [-0.1, -0.05) is 34.1 Å². The second kappa shape index (κ2) is 3.57. The van der Waals surface area contributed by atoms with E-state index in [4.69, 9.17) is 4.74 Å². The summed E-state index contributed by atoms with van der Waals surface area (Å²) < 4.78 is 5.73. The molecule has 0 aromatic rings. The molecule has 11 heavy (non-hydrogen) atoms. The zero-order valence-corrected chi connectivity index (χ0v) is 8.13. The van der Waals surface area contributed by atoms with Crippen molar-refractivity contribution in [1.82, 2.24) is 0 Å². The maximum Gasteiger partial charge on any atom is 0.0629 e. The van der Waals surface area contributed by atoms with Crippen molar-refractivity contribution in [1.29, 1.82) is 0 Å². The molecule has 0 amide bonds. The summed E-state index contributed by atoms with van der Waals surface area (Å²) in [6.45, 7) is 10.1. The fourth-order valence-corrected chi connectivity index (χ4v) is 1.81. The van der Waals surface area contributed by atoms with E-state index in [2.05, 4.69) is 27.7 Å². The summed E-state index contributed by atoms with van der Waals surface area (Å²) in [6.07, 6.45) is 1.76. The van der Waals surface area contributed by atoms with Gasteiger partial charge < -0.3 is 4.74 Å². The van der Waals surface area contributed by atoms with Crippen LogP contribution in [-0.2, 0) is 4.74 Å². The molecule has 66 valence electrons. The molecule has 4 atom stereocenters. The van der Waals surface area contributed by atoms with Crippen LogP contribution in [-0.4, -0.2) is 12.7 Å². The largest absolute Gasteiger partial charge is 0.377 e. The third kappa shape index (κ3) is 1.76. The van der Waals surface area contributed by atoms with Gasteiger partial charge in [0.1, 0.15) is 0 Å². The predicted octanol–water partition coefficient (Wildman–Crippen LogP) is 2.70. The van der Waals surface area contributed by atoms with Crippen LogP contribution in [0.5, 0.6) is 0 Å². The second-order valence-corrected chi connectivity index (χ2v) is 4.02. The van der Waals surface area contributed by atoms with Crippen molar-refractivity contribution in [2.45, 2.75) is 40.2 Å². The van der Waals surface area contributed by atoms with Crippen molar-refractivity contribution in [2.24, 2.45) is 17.8 Å². The molecule has 0 aromatic heterocycles. The summed E-state index contributed by atoms with van der Waals surface area (Å²) in [6, 6.07) is 0. The SMILES string of the molecule is CCC(C)C1OCC(C)[C@@H]1C. The van der Waals surface area contributed by atoms with Crippen molar-refractivity contribution in [3.8, 4) is 0 Å². The Balaban J connectivity index is 2.47. The molecule has 0 saturated carbocycles. The van der Waals surface area contributed by atoms with Gasteiger partial charge in [0, 0.05) is 6.61 Å². The maximum atomic E-state index is 5.73. The van der Waals surface area contributed by atoms with Crippen molar-refractivity contribution >= 4 is 0 Å². The Bertz CT molecular complexity index is 122. The molecule has 1 aliphatic rings. The average molecular weight is 156 g/mol. The lowest BCUT2D eigenvalue weighted by Crippen LogP contribution is -2.23. The van der Waals surface area contributed by atoms with Gasteiger partial charge in [-0.25, -0.2) is 0 Å². The first-order chi connectivity index (χ1) is 5.16. The van der Waals surface area contributed by atoms with Crippen LogP contribution < -0.4 is 0 Å². The van der Waals surface area contributed by atoms with E-state index in [9.17, 15) is 0 Å². The Morgan fingerprint density at radius 1 is 1.45 bits per heavy atom. The molecule has 0 bridgehead atoms. The monoisotopic (exact) mass is 156 g/mol. The molecule has 0 aromatic carbocycles. The Labute approximate surface area is 70.1 Å². The highest BCUT2D eigenvalue weighted by Crippen LogP contribution is 2.31. The number of hydrogen-bond donors (Lipinski definition) is 0. The average Bonchev–Trinajstić information content (AvgIpc) is 2.32. The van der Waals surface area contributed by atoms with Crippen LogP contribution in [0.1, 0.15) is 34.1 Å². The van der Waals surface area contributed by atoms with E-state index < -0.39 is 0 Å². The fourth-order valence-electron chi connectivity index (χ4n) is 1.81. The van der Waals surface area contributed by atoms with E-state index in [1.165, 1.54) is 6.42 Å². The zero-order valence-electron chi connectivity index (χ0n) is 8.13. The zero-order chi connectivity index (χ0) is 8.43. The summed E-state index contributed by atoms with van der Waals surface area (Å²) in [5, 5.41) is 0.